The van der Waals surface area contributed by atoms with Gasteiger partial charge in [-0.1, -0.05) is 30.8 Å². The third-order valence-electron chi connectivity index (χ3n) is 7.44. The van der Waals surface area contributed by atoms with E-state index in [1.54, 1.807) is 26.0 Å². The number of ether oxygens (including phenoxy) is 1. The second-order valence-corrected chi connectivity index (χ2v) is 11.0. The minimum absolute atomic E-state index is 0.326. The van der Waals surface area contributed by atoms with Gasteiger partial charge in [0.05, 0.1) is 6.61 Å². The van der Waals surface area contributed by atoms with Crippen molar-refractivity contribution in [3.8, 4) is 16.9 Å². The number of hydrogen-bond acceptors (Lipinski definition) is 4. The number of carbonyl (C=O) groups excluding carboxylic acids is 1. The fourth-order valence-electron chi connectivity index (χ4n) is 5.44. The van der Waals surface area contributed by atoms with Crippen molar-refractivity contribution < 1.29 is 18.3 Å². The van der Waals surface area contributed by atoms with Gasteiger partial charge in [0.15, 0.2) is 0 Å². The van der Waals surface area contributed by atoms with E-state index in [0.717, 1.165) is 68.6 Å². The molecule has 2 heterocycles. The molecule has 0 aromatic heterocycles. The number of rotatable bonds is 9. The zero-order chi connectivity index (χ0) is 26.6. The van der Waals surface area contributed by atoms with E-state index in [0.29, 0.717) is 30.4 Å². The Bertz CT molecular complexity index is 1090. The number of amides is 1. The van der Waals surface area contributed by atoms with Gasteiger partial charge in [-0.05, 0) is 88.2 Å². The van der Waals surface area contributed by atoms with E-state index < -0.39 is 5.67 Å². The van der Waals surface area contributed by atoms with Crippen LogP contribution in [0.3, 0.4) is 0 Å². The second kappa shape index (κ2) is 11.6. The van der Waals surface area contributed by atoms with E-state index in [4.69, 9.17) is 10.5 Å². The maximum Gasteiger partial charge on any atom is 0.240 e. The van der Waals surface area contributed by atoms with Crippen molar-refractivity contribution in [1.82, 2.24) is 9.80 Å². The standard InChI is InChI=1S/C30H39F2N3O2/c1-21(35-15-5-4-6-28(35)29(33)36)23-7-9-24(10-8-23)26-12-11-25(18-27(26)31)37-19-22-13-16-34(17-14-22)20-30(2,3)32/h7-12,18,22,28H,1,4-6,13-17,19-20H2,2-3H3,(H2,33,36). The lowest BCUT2D eigenvalue weighted by Gasteiger charge is -2.37. The smallest absolute Gasteiger partial charge is 0.240 e. The van der Waals surface area contributed by atoms with Gasteiger partial charge in [-0.25, -0.2) is 8.78 Å². The molecule has 7 heteroatoms. The molecule has 4 rings (SSSR count). The monoisotopic (exact) mass is 511 g/mol. The van der Waals surface area contributed by atoms with Crippen molar-refractivity contribution in [2.75, 3.05) is 32.8 Å². The topological polar surface area (TPSA) is 58.8 Å². The molecule has 0 saturated carbocycles. The zero-order valence-corrected chi connectivity index (χ0v) is 22.0. The summed E-state index contributed by atoms with van der Waals surface area (Å²) in [6, 6.07) is 12.2. The number of hydrogen-bond donors (Lipinski definition) is 1. The van der Waals surface area contributed by atoms with Crippen LogP contribution in [0, 0.1) is 11.7 Å². The molecule has 2 aromatic carbocycles. The van der Waals surface area contributed by atoms with Crippen LogP contribution in [0.5, 0.6) is 5.75 Å². The average molecular weight is 512 g/mol. The average Bonchev–Trinajstić information content (AvgIpc) is 2.87. The van der Waals surface area contributed by atoms with Crippen LogP contribution in [0.4, 0.5) is 8.78 Å². The van der Waals surface area contributed by atoms with Crippen LogP contribution in [-0.4, -0.2) is 60.2 Å². The molecule has 200 valence electrons. The summed E-state index contributed by atoms with van der Waals surface area (Å²) < 4.78 is 34.8. The predicted molar refractivity (Wildman–Crippen MR) is 144 cm³/mol. The van der Waals surface area contributed by atoms with Crippen LogP contribution in [-0.2, 0) is 4.79 Å². The molecule has 1 unspecified atom stereocenters. The van der Waals surface area contributed by atoms with Gasteiger partial charge in [0.2, 0.25) is 5.91 Å². The number of nitrogens with zero attached hydrogens (tertiary/aromatic N) is 2. The van der Waals surface area contributed by atoms with Gasteiger partial charge in [0.1, 0.15) is 23.3 Å². The highest BCUT2D eigenvalue weighted by Gasteiger charge is 2.28. The first kappa shape index (κ1) is 27.1. The van der Waals surface area contributed by atoms with Crippen molar-refractivity contribution in [3.05, 3.63) is 60.4 Å². The van der Waals surface area contributed by atoms with E-state index >= 15 is 4.39 Å². The number of carbonyl (C=O) groups is 1. The Morgan fingerprint density at radius 3 is 2.41 bits per heavy atom. The Labute approximate surface area is 219 Å². The largest absolute Gasteiger partial charge is 0.493 e. The molecule has 0 spiro atoms. The summed E-state index contributed by atoms with van der Waals surface area (Å²) in [7, 11) is 0. The molecule has 0 aliphatic carbocycles. The summed E-state index contributed by atoms with van der Waals surface area (Å²) in [5, 5.41) is 0. The van der Waals surface area contributed by atoms with Gasteiger partial charge < -0.3 is 20.3 Å². The van der Waals surface area contributed by atoms with E-state index in [9.17, 15) is 9.18 Å². The van der Waals surface area contributed by atoms with E-state index in [-0.39, 0.29) is 17.8 Å². The van der Waals surface area contributed by atoms with Crippen molar-refractivity contribution in [1.29, 1.82) is 0 Å². The molecule has 37 heavy (non-hydrogen) atoms. The summed E-state index contributed by atoms with van der Waals surface area (Å²) in [5.41, 5.74) is 7.33. The molecule has 2 N–H and O–H groups in total. The lowest BCUT2D eigenvalue weighted by molar-refractivity contribution is -0.123. The van der Waals surface area contributed by atoms with Crippen LogP contribution in [0.25, 0.3) is 16.8 Å². The number of alkyl halides is 1. The maximum absolute atomic E-state index is 15.0. The van der Waals surface area contributed by atoms with Gasteiger partial charge in [0, 0.05) is 30.4 Å². The van der Waals surface area contributed by atoms with Gasteiger partial charge in [0.25, 0.3) is 0 Å². The van der Waals surface area contributed by atoms with Crippen LogP contribution in [0.2, 0.25) is 0 Å². The van der Waals surface area contributed by atoms with Crippen molar-refractivity contribution in [2.45, 2.75) is 57.7 Å². The number of halogens is 2. The molecule has 0 bridgehead atoms. The lowest BCUT2D eigenvalue weighted by Crippen LogP contribution is -2.46. The van der Waals surface area contributed by atoms with Crippen molar-refractivity contribution in [2.24, 2.45) is 11.7 Å². The van der Waals surface area contributed by atoms with Crippen molar-refractivity contribution >= 4 is 11.6 Å². The highest BCUT2D eigenvalue weighted by atomic mass is 19.1. The second-order valence-electron chi connectivity index (χ2n) is 11.0. The zero-order valence-electron chi connectivity index (χ0n) is 22.0. The summed E-state index contributed by atoms with van der Waals surface area (Å²) in [5.74, 6) is 0.236. The minimum atomic E-state index is -1.18. The first-order valence-corrected chi connectivity index (χ1v) is 13.3. The Morgan fingerprint density at radius 1 is 1.08 bits per heavy atom. The molecular formula is C30H39F2N3O2. The van der Waals surface area contributed by atoms with E-state index in [1.165, 1.54) is 6.07 Å². The molecule has 5 nitrogen and oxygen atoms in total. The van der Waals surface area contributed by atoms with Crippen LogP contribution >= 0.6 is 0 Å². The lowest BCUT2D eigenvalue weighted by atomic mass is 9.96. The van der Waals surface area contributed by atoms with Gasteiger partial charge in [-0.2, -0.15) is 0 Å². The number of likely N-dealkylation sites (tertiary alicyclic amines) is 2. The third-order valence-corrected chi connectivity index (χ3v) is 7.44. The number of nitrogens with two attached hydrogens (primary N) is 1. The number of primary amides is 1. The van der Waals surface area contributed by atoms with Crippen LogP contribution < -0.4 is 10.5 Å². The molecule has 2 saturated heterocycles. The summed E-state index contributed by atoms with van der Waals surface area (Å²) in [6.45, 7) is 10.9. The maximum atomic E-state index is 15.0. The minimum Gasteiger partial charge on any atom is -0.493 e. The quantitative estimate of drug-likeness (QED) is 0.473. The first-order valence-electron chi connectivity index (χ1n) is 13.3. The molecule has 2 aliphatic rings. The third kappa shape index (κ3) is 7.10. The Hall–Kier alpha value is -2.93. The molecule has 2 fully saturated rings. The molecule has 1 atom stereocenters. The van der Waals surface area contributed by atoms with Crippen molar-refractivity contribution in [3.63, 3.8) is 0 Å². The number of piperidine rings is 2. The molecule has 0 radical (unpaired) electrons. The van der Waals surface area contributed by atoms with E-state index in [1.807, 2.05) is 29.2 Å². The Balaban J connectivity index is 1.33. The number of benzene rings is 2. The first-order chi connectivity index (χ1) is 17.6. The highest BCUT2D eigenvalue weighted by Crippen LogP contribution is 2.31. The molecule has 2 aliphatic heterocycles. The van der Waals surface area contributed by atoms with Gasteiger partial charge in [-0.3, -0.25) is 4.79 Å². The summed E-state index contributed by atoms with van der Waals surface area (Å²) >= 11 is 0. The fourth-order valence-corrected chi connectivity index (χ4v) is 5.44. The molecular weight excluding hydrogens is 472 g/mol. The Morgan fingerprint density at radius 2 is 1.78 bits per heavy atom. The van der Waals surface area contributed by atoms with Gasteiger partial charge in [-0.15, -0.1) is 0 Å². The van der Waals surface area contributed by atoms with Crippen LogP contribution in [0.15, 0.2) is 49.0 Å². The van der Waals surface area contributed by atoms with Crippen LogP contribution in [0.1, 0.15) is 51.5 Å². The normalized spacial score (nSPS) is 19.6. The predicted octanol–water partition coefficient (Wildman–Crippen LogP) is 5.64. The van der Waals surface area contributed by atoms with Gasteiger partial charge >= 0.3 is 0 Å². The molecule has 2 aromatic rings. The van der Waals surface area contributed by atoms with E-state index in [2.05, 4.69) is 11.5 Å². The summed E-state index contributed by atoms with van der Waals surface area (Å²) in [6.07, 6.45) is 4.62. The Kier molecular flexibility index (Phi) is 8.53. The summed E-state index contributed by atoms with van der Waals surface area (Å²) in [4.78, 5) is 16.0. The fraction of sp³-hybridized carbons (Fsp3) is 0.500. The SMILES string of the molecule is C=C(c1ccc(-c2ccc(OCC3CCN(CC(C)(C)F)CC3)cc2F)cc1)N1CCCCC1C(N)=O. The molecule has 1 amide bonds. The highest BCUT2D eigenvalue weighted by molar-refractivity contribution is 5.82.